The van der Waals surface area contributed by atoms with Gasteiger partial charge in [-0.2, -0.15) is 15.5 Å². The van der Waals surface area contributed by atoms with Crippen LogP contribution in [-0.2, 0) is 9.53 Å². The highest BCUT2D eigenvalue weighted by Crippen LogP contribution is 2.19. The van der Waals surface area contributed by atoms with Gasteiger partial charge in [-0.25, -0.2) is 19.1 Å². The van der Waals surface area contributed by atoms with Gasteiger partial charge in [-0.05, 0) is 44.2 Å². The molecule has 10 nitrogen and oxygen atoms in total. The fourth-order valence-electron chi connectivity index (χ4n) is 3.19. The fourth-order valence-corrected chi connectivity index (χ4v) is 3.19. The molecule has 0 aliphatic carbocycles. The van der Waals surface area contributed by atoms with Gasteiger partial charge in [0.25, 0.3) is 5.91 Å². The number of carbonyl (C=O) groups is 2. The molecule has 33 heavy (non-hydrogen) atoms. The van der Waals surface area contributed by atoms with Crippen molar-refractivity contribution in [3.63, 3.8) is 0 Å². The third-order valence-electron chi connectivity index (χ3n) is 4.69. The number of esters is 1. The molecule has 0 saturated heterocycles. The van der Waals surface area contributed by atoms with Gasteiger partial charge in [0.05, 0.1) is 23.1 Å². The van der Waals surface area contributed by atoms with Crippen molar-refractivity contribution >= 4 is 17.7 Å². The van der Waals surface area contributed by atoms with Crippen LogP contribution in [0.15, 0.2) is 60.9 Å². The predicted molar refractivity (Wildman–Crippen MR) is 118 cm³/mol. The maximum atomic E-state index is 12.4. The van der Waals surface area contributed by atoms with E-state index in [2.05, 4.69) is 20.5 Å². The zero-order valence-electron chi connectivity index (χ0n) is 17.9. The summed E-state index contributed by atoms with van der Waals surface area (Å²) in [4.78, 5) is 29.0. The minimum atomic E-state index is -0.699. The standard InChI is InChI=1S/C23H19N7O3/c1-15-10-16(2)29(28-15)20-9-8-17(12-25-20)23(32)33-14-21(31)27-22-18(11-24)13-26-30(22)19-6-4-3-5-7-19/h3-10,12-13H,14H2,1-2H3,(H,27,31). The minimum Gasteiger partial charge on any atom is -0.452 e. The van der Waals surface area contributed by atoms with Gasteiger partial charge >= 0.3 is 5.97 Å². The number of rotatable bonds is 6. The summed E-state index contributed by atoms with van der Waals surface area (Å²) < 4.78 is 8.20. The molecule has 0 fully saturated rings. The molecule has 0 bridgehead atoms. The largest absolute Gasteiger partial charge is 0.452 e. The van der Waals surface area contributed by atoms with Crippen molar-refractivity contribution in [3.8, 4) is 17.6 Å². The number of hydrogen-bond acceptors (Lipinski definition) is 7. The van der Waals surface area contributed by atoms with Crippen molar-refractivity contribution in [1.29, 1.82) is 5.26 Å². The highest BCUT2D eigenvalue weighted by molar-refractivity contribution is 5.95. The van der Waals surface area contributed by atoms with Crippen LogP contribution in [0.4, 0.5) is 5.82 Å². The van der Waals surface area contributed by atoms with E-state index in [0.29, 0.717) is 11.5 Å². The first-order chi connectivity index (χ1) is 16.0. The second-order valence-electron chi connectivity index (χ2n) is 7.13. The third-order valence-corrected chi connectivity index (χ3v) is 4.69. The lowest BCUT2D eigenvalue weighted by molar-refractivity contribution is -0.119. The van der Waals surface area contributed by atoms with E-state index in [9.17, 15) is 14.9 Å². The van der Waals surface area contributed by atoms with Crippen LogP contribution in [0.25, 0.3) is 11.5 Å². The number of ether oxygens (including phenoxy) is 1. The summed E-state index contributed by atoms with van der Waals surface area (Å²) in [7, 11) is 0. The van der Waals surface area contributed by atoms with E-state index in [0.717, 1.165) is 11.4 Å². The van der Waals surface area contributed by atoms with Crippen LogP contribution in [0, 0.1) is 25.2 Å². The molecular formula is C23H19N7O3. The Morgan fingerprint density at radius 3 is 2.52 bits per heavy atom. The number of nitrogens with zero attached hydrogens (tertiary/aromatic N) is 6. The number of amides is 1. The number of nitriles is 1. The predicted octanol–water partition coefficient (Wildman–Crippen LogP) is 2.74. The first-order valence-corrected chi connectivity index (χ1v) is 9.96. The van der Waals surface area contributed by atoms with Gasteiger partial charge in [0.1, 0.15) is 11.6 Å². The van der Waals surface area contributed by atoms with Gasteiger partial charge in [-0.15, -0.1) is 0 Å². The Morgan fingerprint density at radius 1 is 1.09 bits per heavy atom. The van der Waals surface area contributed by atoms with Gasteiger partial charge in [-0.1, -0.05) is 18.2 Å². The van der Waals surface area contributed by atoms with Gasteiger partial charge < -0.3 is 10.1 Å². The molecule has 4 aromatic rings. The molecule has 0 aliphatic rings. The van der Waals surface area contributed by atoms with E-state index in [-0.39, 0.29) is 16.9 Å². The van der Waals surface area contributed by atoms with E-state index >= 15 is 0 Å². The SMILES string of the molecule is Cc1cc(C)n(-c2ccc(C(=O)OCC(=O)Nc3c(C#N)cnn3-c3ccccc3)cn2)n1. The molecule has 0 radical (unpaired) electrons. The number of aryl methyl sites for hydroxylation is 2. The summed E-state index contributed by atoms with van der Waals surface area (Å²) in [5, 5.41) is 20.4. The molecule has 3 heterocycles. The molecular weight excluding hydrogens is 422 g/mol. The van der Waals surface area contributed by atoms with Crippen molar-refractivity contribution in [2.75, 3.05) is 11.9 Å². The molecule has 164 valence electrons. The maximum absolute atomic E-state index is 12.4. The van der Waals surface area contributed by atoms with Crippen LogP contribution < -0.4 is 5.32 Å². The topological polar surface area (TPSA) is 128 Å². The van der Waals surface area contributed by atoms with Crippen LogP contribution in [0.2, 0.25) is 0 Å². The lowest BCUT2D eigenvalue weighted by atomic mass is 10.3. The van der Waals surface area contributed by atoms with Gasteiger partial charge in [0, 0.05) is 11.9 Å². The van der Waals surface area contributed by atoms with Crippen LogP contribution in [0.5, 0.6) is 0 Å². The Bertz CT molecular complexity index is 1350. The number of pyridine rings is 1. The van der Waals surface area contributed by atoms with E-state index in [1.54, 1.807) is 28.9 Å². The van der Waals surface area contributed by atoms with Crippen LogP contribution >= 0.6 is 0 Å². The summed E-state index contributed by atoms with van der Waals surface area (Å²) in [5.74, 6) is -0.548. The molecule has 0 aliphatic heterocycles. The average molecular weight is 441 g/mol. The molecule has 0 spiro atoms. The van der Waals surface area contributed by atoms with E-state index in [1.807, 2.05) is 44.2 Å². The van der Waals surface area contributed by atoms with Crippen molar-refractivity contribution in [2.24, 2.45) is 0 Å². The van der Waals surface area contributed by atoms with Crippen molar-refractivity contribution in [1.82, 2.24) is 24.5 Å². The Labute approximate surface area is 189 Å². The molecule has 3 aromatic heterocycles. The summed E-state index contributed by atoms with van der Waals surface area (Å²) in [5.41, 5.74) is 2.82. The average Bonchev–Trinajstić information content (AvgIpc) is 3.39. The number of para-hydroxylation sites is 1. The zero-order chi connectivity index (χ0) is 23.4. The molecule has 0 atom stereocenters. The first kappa shape index (κ1) is 21.5. The monoisotopic (exact) mass is 441 g/mol. The van der Waals surface area contributed by atoms with E-state index in [1.165, 1.54) is 17.1 Å². The van der Waals surface area contributed by atoms with Crippen LogP contribution in [-0.4, -0.2) is 43.0 Å². The van der Waals surface area contributed by atoms with Crippen molar-refractivity contribution in [2.45, 2.75) is 13.8 Å². The first-order valence-electron chi connectivity index (χ1n) is 9.96. The summed E-state index contributed by atoms with van der Waals surface area (Å²) in [6.45, 7) is 3.25. The van der Waals surface area contributed by atoms with E-state index in [4.69, 9.17) is 4.74 Å². The second kappa shape index (κ2) is 9.15. The molecule has 1 amide bonds. The number of benzene rings is 1. The third kappa shape index (κ3) is 4.62. The number of hydrogen-bond donors (Lipinski definition) is 1. The number of anilines is 1. The zero-order valence-corrected chi connectivity index (χ0v) is 17.9. The second-order valence-corrected chi connectivity index (χ2v) is 7.13. The van der Waals surface area contributed by atoms with Crippen LogP contribution in [0.1, 0.15) is 27.3 Å². The van der Waals surface area contributed by atoms with Gasteiger partial charge in [-0.3, -0.25) is 4.79 Å². The molecule has 0 saturated carbocycles. The summed E-state index contributed by atoms with van der Waals surface area (Å²) >= 11 is 0. The molecule has 4 rings (SSSR count). The number of aromatic nitrogens is 5. The summed E-state index contributed by atoms with van der Waals surface area (Å²) in [6, 6.07) is 16.1. The van der Waals surface area contributed by atoms with Gasteiger partial charge in [0.2, 0.25) is 0 Å². The van der Waals surface area contributed by atoms with Gasteiger partial charge in [0.15, 0.2) is 18.2 Å². The smallest absolute Gasteiger partial charge is 0.340 e. The van der Waals surface area contributed by atoms with Crippen molar-refractivity contribution in [3.05, 3.63) is 83.4 Å². The Kier molecular flexibility index (Phi) is 5.95. The molecule has 1 N–H and O–H groups in total. The molecule has 0 unspecified atom stereocenters. The van der Waals surface area contributed by atoms with Crippen LogP contribution in [0.3, 0.4) is 0 Å². The maximum Gasteiger partial charge on any atom is 0.340 e. The Morgan fingerprint density at radius 2 is 1.88 bits per heavy atom. The Hall–Kier alpha value is -4.78. The quantitative estimate of drug-likeness (QED) is 0.456. The number of nitrogens with one attached hydrogen (secondary N) is 1. The fraction of sp³-hybridized carbons (Fsp3) is 0.130. The minimum absolute atomic E-state index is 0.183. The lowest BCUT2D eigenvalue weighted by Crippen LogP contribution is -2.23. The van der Waals surface area contributed by atoms with E-state index < -0.39 is 18.5 Å². The van der Waals surface area contributed by atoms with Crippen molar-refractivity contribution < 1.29 is 14.3 Å². The Balaban J connectivity index is 1.41. The lowest BCUT2D eigenvalue weighted by Gasteiger charge is -2.10. The molecule has 10 heteroatoms. The highest BCUT2D eigenvalue weighted by atomic mass is 16.5. The molecule has 1 aromatic carbocycles. The normalized spacial score (nSPS) is 10.5. The summed E-state index contributed by atoms with van der Waals surface area (Å²) in [6.07, 6.45) is 2.72. The number of carbonyl (C=O) groups excluding carboxylic acids is 2. The highest BCUT2D eigenvalue weighted by Gasteiger charge is 2.17.